The lowest BCUT2D eigenvalue weighted by Crippen LogP contribution is -2.30. The van der Waals surface area contributed by atoms with Crippen molar-refractivity contribution >= 4 is 11.9 Å². The molecule has 0 rings (SSSR count). The van der Waals surface area contributed by atoms with Gasteiger partial charge in [0, 0.05) is 0 Å². The summed E-state index contributed by atoms with van der Waals surface area (Å²) >= 11 is 0. The Bertz CT molecular complexity index is 661. The zero-order valence-corrected chi connectivity index (χ0v) is 35.6. The maximum atomic E-state index is 12.0. The van der Waals surface area contributed by atoms with Crippen LogP contribution in [0.5, 0.6) is 0 Å². The van der Waals surface area contributed by atoms with Gasteiger partial charge in [0.1, 0.15) is 0 Å². The molecule has 0 aromatic carbocycles. The minimum atomic E-state index is -0.918. The second kappa shape index (κ2) is 42.7. The van der Waals surface area contributed by atoms with E-state index < -0.39 is 23.8 Å². The number of carboxylic acids is 2. The van der Waals surface area contributed by atoms with Crippen LogP contribution in [0, 0.1) is 11.8 Å². The van der Waals surface area contributed by atoms with E-state index in [2.05, 4.69) is 13.8 Å². The molecule has 4 heteroatoms. The third kappa shape index (κ3) is 37.3. The molecule has 310 valence electrons. The van der Waals surface area contributed by atoms with E-state index in [1.807, 2.05) is 0 Å². The van der Waals surface area contributed by atoms with Gasteiger partial charge in [-0.05, 0) is 12.8 Å². The van der Waals surface area contributed by atoms with Crippen molar-refractivity contribution in [1.29, 1.82) is 0 Å². The van der Waals surface area contributed by atoms with E-state index in [0.29, 0.717) is 12.8 Å². The van der Waals surface area contributed by atoms with Crippen molar-refractivity contribution in [2.75, 3.05) is 0 Å². The van der Waals surface area contributed by atoms with E-state index in [1.165, 1.54) is 218 Å². The highest BCUT2D eigenvalue weighted by molar-refractivity contribution is 5.79. The number of carbonyl (C=O) groups is 2. The fourth-order valence-electron chi connectivity index (χ4n) is 8.23. The zero-order valence-electron chi connectivity index (χ0n) is 35.6. The Morgan fingerprint density at radius 3 is 0.538 bits per heavy atom. The highest BCUT2D eigenvalue weighted by Gasteiger charge is 2.32. The van der Waals surface area contributed by atoms with Crippen molar-refractivity contribution in [3.63, 3.8) is 0 Å². The van der Waals surface area contributed by atoms with E-state index in [1.54, 1.807) is 0 Å². The molecule has 0 saturated carbocycles. The standard InChI is InChI=1S/C48H94O4/c1-3-5-7-9-11-13-15-17-19-21-23-25-27-29-31-33-35-37-39-41-43-45(47(49)50)46(48(51)52)44-42-40-38-36-34-32-30-28-26-24-22-20-18-16-14-12-10-8-6-4-2/h45-46H,3-44H2,1-2H3,(H,49,50)(H,51,52). The Hall–Kier alpha value is -1.06. The van der Waals surface area contributed by atoms with Gasteiger partial charge in [0.2, 0.25) is 0 Å². The molecule has 52 heavy (non-hydrogen) atoms. The molecule has 0 bridgehead atoms. The summed E-state index contributed by atoms with van der Waals surface area (Å²) in [5, 5.41) is 19.7. The molecule has 2 N–H and O–H groups in total. The average Bonchev–Trinajstić information content (AvgIpc) is 3.13. The summed E-state index contributed by atoms with van der Waals surface area (Å²) in [6.07, 6.45) is 54.0. The number of rotatable bonds is 45. The van der Waals surface area contributed by atoms with E-state index in [-0.39, 0.29) is 0 Å². The predicted molar refractivity (Wildman–Crippen MR) is 228 cm³/mol. The lowest BCUT2D eigenvalue weighted by Gasteiger charge is -2.20. The molecule has 0 saturated heterocycles. The van der Waals surface area contributed by atoms with Crippen LogP contribution in [-0.2, 0) is 9.59 Å². The van der Waals surface area contributed by atoms with Crippen LogP contribution >= 0.6 is 0 Å². The van der Waals surface area contributed by atoms with Crippen LogP contribution in [0.4, 0.5) is 0 Å². The second-order valence-electron chi connectivity index (χ2n) is 16.9. The topological polar surface area (TPSA) is 74.6 Å². The minimum absolute atomic E-state index is 0.504. The van der Waals surface area contributed by atoms with Crippen LogP contribution in [0.1, 0.15) is 284 Å². The molecule has 2 atom stereocenters. The van der Waals surface area contributed by atoms with Gasteiger partial charge in [0.05, 0.1) is 11.8 Å². The van der Waals surface area contributed by atoms with Crippen LogP contribution in [-0.4, -0.2) is 22.2 Å². The van der Waals surface area contributed by atoms with Crippen molar-refractivity contribution in [3.05, 3.63) is 0 Å². The molecule has 4 nitrogen and oxygen atoms in total. The summed E-state index contributed by atoms with van der Waals surface area (Å²) < 4.78 is 0. The van der Waals surface area contributed by atoms with E-state index in [0.717, 1.165) is 38.5 Å². The molecule has 0 aliphatic carbocycles. The number of aliphatic carboxylic acids is 2. The minimum Gasteiger partial charge on any atom is -0.481 e. The van der Waals surface area contributed by atoms with Crippen molar-refractivity contribution in [3.8, 4) is 0 Å². The lowest BCUT2D eigenvalue weighted by atomic mass is 9.84. The molecule has 0 amide bonds. The molecule has 0 radical (unpaired) electrons. The summed E-state index contributed by atoms with van der Waals surface area (Å²) in [6, 6.07) is 0. The highest BCUT2D eigenvalue weighted by Crippen LogP contribution is 2.26. The Morgan fingerprint density at radius 1 is 0.269 bits per heavy atom. The number of unbranched alkanes of at least 4 members (excludes halogenated alkanes) is 38. The summed E-state index contributed by atoms with van der Waals surface area (Å²) in [4.78, 5) is 24.0. The van der Waals surface area contributed by atoms with Crippen LogP contribution in [0.25, 0.3) is 0 Å². The quantitative estimate of drug-likeness (QED) is 0.0611. The third-order valence-corrected chi connectivity index (χ3v) is 11.9. The SMILES string of the molecule is CCCCCCCCCCCCCCCCCCCCCCC(C(=O)O)C(CCCCCCCCCCCCCCCCCCCCCC)C(=O)O. The van der Waals surface area contributed by atoms with Gasteiger partial charge in [-0.15, -0.1) is 0 Å². The molecule has 2 unspecified atom stereocenters. The number of hydrogen-bond donors (Lipinski definition) is 2. The van der Waals surface area contributed by atoms with Gasteiger partial charge in [-0.3, -0.25) is 9.59 Å². The summed E-state index contributed by atoms with van der Waals surface area (Å²) in [6.45, 7) is 4.57. The number of carboxylic acid groups (broad SMARTS) is 2. The zero-order chi connectivity index (χ0) is 38.0. The Morgan fingerprint density at radius 2 is 0.404 bits per heavy atom. The van der Waals surface area contributed by atoms with Crippen LogP contribution in [0.3, 0.4) is 0 Å². The van der Waals surface area contributed by atoms with Gasteiger partial charge in [0.15, 0.2) is 0 Å². The summed E-state index contributed by atoms with van der Waals surface area (Å²) in [5.74, 6) is -3.32. The first-order chi connectivity index (χ1) is 25.5. The molecule has 0 spiro atoms. The third-order valence-electron chi connectivity index (χ3n) is 11.9. The Labute approximate surface area is 326 Å². The Kier molecular flexibility index (Phi) is 41.8. The first-order valence-electron chi connectivity index (χ1n) is 24.0. The highest BCUT2D eigenvalue weighted by atomic mass is 16.4. The first-order valence-corrected chi connectivity index (χ1v) is 24.0. The summed E-state index contributed by atoms with van der Waals surface area (Å²) in [7, 11) is 0. The smallest absolute Gasteiger partial charge is 0.307 e. The van der Waals surface area contributed by atoms with Crippen LogP contribution in [0.2, 0.25) is 0 Å². The molecule has 0 aromatic rings. The first kappa shape index (κ1) is 50.9. The molecule has 0 heterocycles. The largest absolute Gasteiger partial charge is 0.481 e. The van der Waals surface area contributed by atoms with Gasteiger partial charge < -0.3 is 10.2 Å². The van der Waals surface area contributed by atoms with Crippen LogP contribution < -0.4 is 0 Å². The van der Waals surface area contributed by atoms with E-state index >= 15 is 0 Å². The van der Waals surface area contributed by atoms with E-state index in [4.69, 9.17) is 0 Å². The predicted octanol–water partition coefficient (Wildman–Crippen LogP) is 16.8. The molecule has 0 fully saturated rings. The number of hydrogen-bond acceptors (Lipinski definition) is 2. The fourth-order valence-corrected chi connectivity index (χ4v) is 8.23. The van der Waals surface area contributed by atoms with Gasteiger partial charge in [0.25, 0.3) is 0 Å². The molecular weight excluding hydrogens is 641 g/mol. The van der Waals surface area contributed by atoms with Crippen molar-refractivity contribution in [2.24, 2.45) is 11.8 Å². The molecule has 0 aromatic heterocycles. The monoisotopic (exact) mass is 735 g/mol. The van der Waals surface area contributed by atoms with Gasteiger partial charge >= 0.3 is 11.9 Å². The average molecular weight is 735 g/mol. The van der Waals surface area contributed by atoms with Crippen molar-refractivity contribution in [1.82, 2.24) is 0 Å². The van der Waals surface area contributed by atoms with Crippen molar-refractivity contribution in [2.45, 2.75) is 284 Å². The normalized spacial score (nSPS) is 12.7. The van der Waals surface area contributed by atoms with Gasteiger partial charge in [-0.1, -0.05) is 271 Å². The second-order valence-corrected chi connectivity index (χ2v) is 16.9. The summed E-state index contributed by atoms with van der Waals surface area (Å²) in [5.41, 5.74) is 0. The molecule has 0 aliphatic rings. The van der Waals surface area contributed by atoms with Gasteiger partial charge in [-0.2, -0.15) is 0 Å². The molecular formula is C48H94O4. The maximum Gasteiger partial charge on any atom is 0.307 e. The van der Waals surface area contributed by atoms with Gasteiger partial charge in [-0.25, -0.2) is 0 Å². The maximum absolute atomic E-state index is 12.0. The van der Waals surface area contributed by atoms with Crippen LogP contribution in [0.15, 0.2) is 0 Å². The fraction of sp³-hybridized carbons (Fsp3) is 0.958. The van der Waals surface area contributed by atoms with E-state index in [9.17, 15) is 19.8 Å². The van der Waals surface area contributed by atoms with Crippen molar-refractivity contribution < 1.29 is 19.8 Å². The molecule has 0 aliphatic heterocycles. The Balaban J connectivity index is 3.65. The lowest BCUT2D eigenvalue weighted by molar-refractivity contribution is -0.154.